The van der Waals surface area contributed by atoms with Crippen LogP contribution in [0.2, 0.25) is 0 Å². The molecule has 33 heavy (non-hydrogen) atoms. The summed E-state index contributed by atoms with van der Waals surface area (Å²) < 4.78 is 33.1. The Morgan fingerprint density at radius 3 is 2.48 bits per heavy atom. The lowest BCUT2D eigenvalue weighted by molar-refractivity contribution is -0.131. The van der Waals surface area contributed by atoms with Gasteiger partial charge in [-0.2, -0.15) is 4.31 Å². The van der Waals surface area contributed by atoms with Crippen molar-refractivity contribution in [1.29, 1.82) is 0 Å². The van der Waals surface area contributed by atoms with Gasteiger partial charge in [0.1, 0.15) is 5.75 Å². The molecule has 1 saturated heterocycles. The van der Waals surface area contributed by atoms with Crippen LogP contribution in [0.5, 0.6) is 5.75 Å². The molecule has 2 aliphatic rings. The lowest BCUT2D eigenvalue weighted by atomic mass is 10.1. The fourth-order valence-electron chi connectivity index (χ4n) is 4.02. The average Bonchev–Trinajstić information content (AvgIpc) is 2.80. The van der Waals surface area contributed by atoms with Crippen molar-refractivity contribution >= 4 is 33.2 Å². The summed E-state index contributed by atoms with van der Waals surface area (Å²) in [6.45, 7) is 5.44. The number of nitrogens with one attached hydrogen (secondary N) is 1. The number of sulfonamides is 1. The smallest absolute Gasteiger partial charge is 0.265 e. The topological polar surface area (TPSA) is 99.3 Å². The van der Waals surface area contributed by atoms with Crippen molar-refractivity contribution in [2.75, 3.05) is 50.0 Å². The Kier molecular flexibility index (Phi) is 6.31. The third-order valence-electron chi connectivity index (χ3n) is 6.01. The van der Waals surface area contributed by atoms with Gasteiger partial charge in [-0.25, -0.2) is 8.42 Å². The van der Waals surface area contributed by atoms with E-state index >= 15 is 0 Å². The lowest BCUT2D eigenvalue weighted by Gasteiger charge is -2.36. The summed E-state index contributed by atoms with van der Waals surface area (Å²) in [4.78, 5) is 28.6. The zero-order valence-corrected chi connectivity index (χ0v) is 19.8. The maximum absolute atomic E-state index is 13.2. The number of anilines is 2. The van der Waals surface area contributed by atoms with E-state index in [0.29, 0.717) is 43.2 Å². The maximum atomic E-state index is 13.2. The Morgan fingerprint density at radius 1 is 1.15 bits per heavy atom. The van der Waals surface area contributed by atoms with Crippen molar-refractivity contribution in [3.8, 4) is 5.75 Å². The molecule has 2 aliphatic heterocycles. The molecule has 0 unspecified atom stereocenters. The molecular formula is C23H28N4O5S. The van der Waals surface area contributed by atoms with E-state index in [2.05, 4.69) is 10.2 Å². The fraction of sp³-hybridized carbons (Fsp3) is 0.391. The van der Waals surface area contributed by atoms with E-state index in [-0.39, 0.29) is 23.3 Å². The van der Waals surface area contributed by atoms with Gasteiger partial charge in [-0.05, 0) is 37.6 Å². The Bertz CT molecular complexity index is 1160. The van der Waals surface area contributed by atoms with Crippen molar-refractivity contribution in [1.82, 2.24) is 9.21 Å². The first-order valence-electron chi connectivity index (χ1n) is 10.8. The van der Waals surface area contributed by atoms with Gasteiger partial charge in [0.05, 0.1) is 17.1 Å². The standard InChI is InChI=1S/C23H28N4O5S/c1-16-13-19-20(32-17(2)23(29)24-19)14-21(16)33(30,31)25(3)15-22(28)27-11-9-26(10-12-27)18-7-5-4-6-8-18/h4-8,13-14,17H,9-12,15H2,1-3H3,(H,24,29)/t17-/m1/s1. The molecule has 1 N–H and O–H groups in total. The number of hydrogen-bond acceptors (Lipinski definition) is 6. The zero-order chi connectivity index (χ0) is 23.8. The van der Waals surface area contributed by atoms with Gasteiger partial charge in [0.25, 0.3) is 5.91 Å². The number of para-hydroxylation sites is 1. The van der Waals surface area contributed by atoms with Crippen LogP contribution in [-0.2, 0) is 19.6 Å². The van der Waals surface area contributed by atoms with Crippen LogP contribution in [0.1, 0.15) is 12.5 Å². The Labute approximate surface area is 194 Å². The average molecular weight is 473 g/mol. The first-order chi connectivity index (χ1) is 15.7. The normalized spacial score (nSPS) is 18.5. The number of carbonyl (C=O) groups excluding carboxylic acids is 2. The third kappa shape index (κ3) is 4.67. The molecule has 2 amide bonds. The van der Waals surface area contributed by atoms with E-state index in [1.165, 1.54) is 13.1 Å². The van der Waals surface area contributed by atoms with Crippen LogP contribution < -0.4 is 15.0 Å². The highest BCUT2D eigenvalue weighted by Gasteiger charge is 2.31. The SMILES string of the molecule is Cc1cc2c(cc1S(=O)(=O)N(C)CC(=O)N1CCN(c3ccccc3)CC1)O[C@H](C)C(=O)N2. The van der Waals surface area contributed by atoms with Crippen molar-refractivity contribution in [3.05, 3.63) is 48.0 Å². The highest BCUT2D eigenvalue weighted by molar-refractivity contribution is 7.89. The quantitative estimate of drug-likeness (QED) is 0.711. The molecular weight excluding hydrogens is 444 g/mol. The summed E-state index contributed by atoms with van der Waals surface area (Å²) in [5.41, 5.74) is 2.01. The number of carbonyl (C=O) groups is 2. The number of likely N-dealkylation sites (N-methyl/N-ethyl adjacent to an activating group) is 1. The number of ether oxygens (including phenoxy) is 1. The third-order valence-corrected chi connectivity index (χ3v) is 7.95. The Morgan fingerprint density at radius 2 is 1.82 bits per heavy atom. The van der Waals surface area contributed by atoms with Gasteiger partial charge in [-0.3, -0.25) is 9.59 Å². The molecule has 9 nitrogen and oxygen atoms in total. The van der Waals surface area contributed by atoms with Crippen molar-refractivity contribution in [2.24, 2.45) is 0 Å². The molecule has 1 fully saturated rings. The first-order valence-corrected chi connectivity index (χ1v) is 12.3. The van der Waals surface area contributed by atoms with Crippen molar-refractivity contribution < 1.29 is 22.7 Å². The van der Waals surface area contributed by atoms with E-state index in [1.807, 2.05) is 30.3 Å². The first kappa shape index (κ1) is 23.1. The largest absolute Gasteiger partial charge is 0.479 e. The van der Waals surface area contributed by atoms with Crippen LogP contribution in [0.4, 0.5) is 11.4 Å². The predicted octanol–water partition coefficient (Wildman–Crippen LogP) is 1.68. The van der Waals surface area contributed by atoms with Crippen LogP contribution in [-0.4, -0.2) is 75.3 Å². The molecule has 0 bridgehead atoms. The molecule has 2 heterocycles. The van der Waals surface area contributed by atoms with Gasteiger partial charge in [0, 0.05) is 45.0 Å². The van der Waals surface area contributed by atoms with E-state index in [1.54, 1.807) is 24.8 Å². The number of hydrogen-bond donors (Lipinski definition) is 1. The second-order valence-electron chi connectivity index (χ2n) is 8.33. The van der Waals surface area contributed by atoms with Crippen LogP contribution in [0.3, 0.4) is 0 Å². The molecule has 176 valence electrons. The van der Waals surface area contributed by atoms with Gasteiger partial charge in [-0.1, -0.05) is 18.2 Å². The van der Waals surface area contributed by atoms with E-state index < -0.39 is 16.1 Å². The molecule has 10 heteroatoms. The summed E-state index contributed by atoms with van der Waals surface area (Å²) in [6.07, 6.45) is -0.718. The molecule has 2 aromatic carbocycles. The Hall–Kier alpha value is -3.11. The van der Waals surface area contributed by atoms with Crippen LogP contribution in [0.15, 0.2) is 47.4 Å². The van der Waals surface area contributed by atoms with Crippen LogP contribution in [0.25, 0.3) is 0 Å². The number of aryl methyl sites for hydroxylation is 1. The lowest BCUT2D eigenvalue weighted by Crippen LogP contribution is -2.51. The number of benzene rings is 2. The monoisotopic (exact) mass is 472 g/mol. The highest BCUT2D eigenvalue weighted by atomic mass is 32.2. The number of rotatable bonds is 5. The van der Waals surface area contributed by atoms with Crippen LogP contribution >= 0.6 is 0 Å². The van der Waals surface area contributed by atoms with E-state index in [4.69, 9.17) is 4.74 Å². The molecule has 1 atom stereocenters. The van der Waals surface area contributed by atoms with Gasteiger partial charge in [0.2, 0.25) is 15.9 Å². The summed E-state index contributed by atoms with van der Waals surface area (Å²) >= 11 is 0. The van der Waals surface area contributed by atoms with Gasteiger partial charge >= 0.3 is 0 Å². The minimum absolute atomic E-state index is 0.0498. The molecule has 0 aromatic heterocycles. The van der Waals surface area contributed by atoms with Crippen molar-refractivity contribution in [2.45, 2.75) is 24.8 Å². The number of piperazine rings is 1. The fourth-order valence-corrected chi connectivity index (χ4v) is 5.36. The van der Waals surface area contributed by atoms with Crippen LogP contribution in [0, 0.1) is 6.92 Å². The minimum atomic E-state index is -3.94. The van der Waals surface area contributed by atoms with E-state index in [9.17, 15) is 18.0 Å². The maximum Gasteiger partial charge on any atom is 0.265 e. The van der Waals surface area contributed by atoms with Gasteiger partial charge in [0.15, 0.2) is 6.10 Å². The molecule has 2 aromatic rings. The summed E-state index contributed by atoms with van der Waals surface area (Å²) in [7, 11) is -2.54. The summed E-state index contributed by atoms with van der Waals surface area (Å²) in [5, 5.41) is 2.71. The van der Waals surface area contributed by atoms with Crippen molar-refractivity contribution in [3.63, 3.8) is 0 Å². The second-order valence-corrected chi connectivity index (χ2v) is 10.3. The minimum Gasteiger partial charge on any atom is -0.479 e. The molecule has 4 rings (SSSR count). The zero-order valence-electron chi connectivity index (χ0n) is 18.9. The van der Waals surface area contributed by atoms with E-state index in [0.717, 1.165) is 9.99 Å². The highest BCUT2D eigenvalue weighted by Crippen LogP contribution is 2.35. The number of fused-ring (bicyclic) bond motifs is 1. The second kappa shape index (κ2) is 9.03. The predicted molar refractivity (Wildman–Crippen MR) is 125 cm³/mol. The summed E-state index contributed by atoms with van der Waals surface area (Å²) in [5.74, 6) is -0.225. The molecule has 0 aliphatic carbocycles. The Balaban J connectivity index is 1.43. The number of amides is 2. The molecule has 0 spiro atoms. The summed E-state index contributed by atoms with van der Waals surface area (Å²) in [6, 6.07) is 13.0. The van der Waals surface area contributed by atoms with Gasteiger partial charge in [-0.15, -0.1) is 0 Å². The molecule has 0 radical (unpaired) electrons. The number of nitrogens with zero attached hydrogens (tertiary/aromatic N) is 3. The molecule has 0 saturated carbocycles. The van der Waals surface area contributed by atoms with Gasteiger partial charge < -0.3 is 19.9 Å².